The lowest BCUT2D eigenvalue weighted by molar-refractivity contribution is 0.0547. The molecule has 0 amide bonds. The fourth-order valence-corrected chi connectivity index (χ4v) is 7.28. The predicted octanol–water partition coefficient (Wildman–Crippen LogP) is 5.76. The molecule has 1 fully saturated rings. The molecule has 1 saturated heterocycles. The van der Waals surface area contributed by atoms with E-state index in [1.165, 1.54) is 33.3 Å². The van der Waals surface area contributed by atoms with Crippen molar-refractivity contribution in [3.05, 3.63) is 94.0 Å². The number of ether oxygens (including phenoxy) is 1. The van der Waals surface area contributed by atoms with Gasteiger partial charge >= 0.3 is 0 Å². The number of carbonyl (C=O) groups excluding carboxylic acids is 1. The second-order valence-electron chi connectivity index (χ2n) is 11.5. The summed E-state index contributed by atoms with van der Waals surface area (Å²) in [7, 11) is 3.95. The summed E-state index contributed by atoms with van der Waals surface area (Å²) in [5.41, 5.74) is 11.1. The lowest BCUT2D eigenvalue weighted by atomic mass is 9.86. The molecule has 1 atom stereocenters. The molecule has 0 radical (unpaired) electrons. The summed E-state index contributed by atoms with van der Waals surface area (Å²) in [4.78, 5) is 14.0. The molecule has 7 heteroatoms. The third-order valence-electron chi connectivity index (χ3n) is 9.10. The van der Waals surface area contributed by atoms with Gasteiger partial charge in [-0.2, -0.15) is 0 Å². The second kappa shape index (κ2) is 10.3. The van der Waals surface area contributed by atoms with E-state index in [1.54, 1.807) is 0 Å². The van der Waals surface area contributed by atoms with Crippen molar-refractivity contribution in [2.45, 2.75) is 45.2 Å². The molecule has 2 aromatic heterocycles. The van der Waals surface area contributed by atoms with Crippen LogP contribution in [-0.2, 0) is 29.5 Å². The molecule has 41 heavy (non-hydrogen) atoms. The highest BCUT2D eigenvalue weighted by Gasteiger charge is 2.34. The normalized spacial score (nSPS) is 18.1. The predicted molar refractivity (Wildman–Crippen MR) is 162 cm³/mol. The van der Waals surface area contributed by atoms with E-state index in [0.717, 1.165) is 61.4 Å². The molecule has 1 aliphatic carbocycles. The molecule has 4 heterocycles. The lowest BCUT2D eigenvalue weighted by Gasteiger charge is -2.34. The first-order valence-corrected chi connectivity index (χ1v) is 14.6. The van der Waals surface area contributed by atoms with Gasteiger partial charge in [0.2, 0.25) is 0 Å². The summed E-state index contributed by atoms with van der Waals surface area (Å²) < 4.78 is 10.3. The fourth-order valence-electron chi connectivity index (χ4n) is 7.28. The molecule has 2 aromatic carbocycles. The summed E-state index contributed by atoms with van der Waals surface area (Å²) in [5, 5.41) is 9.98. The molecular formula is C34H35N5O2. The third kappa shape index (κ3) is 4.19. The quantitative estimate of drug-likeness (QED) is 0.305. The molecule has 2 aliphatic heterocycles. The number of aromatic nitrogens is 4. The number of aryl methyl sites for hydroxylation is 3. The molecule has 3 aliphatic rings. The number of hydrogen-bond acceptors (Lipinski definition) is 5. The number of benzene rings is 2. The molecule has 7 rings (SSSR count). The maximum absolute atomic E-state index is 12.0. The van der Waals surface area contributed by atoms with Crippen LogP contribution in [0.15, 0.2) is 54.6 Å². The average Bonchev–Trinajstić information content (AvgIpc) is 3.59. The van der Waals surface area contributed by atoms with Gasteiger partial charge in [0.25, 0.3) is 0 Å². The van der Waals surface area contributed by atoms with Crippen LogP contribution in [0.2, 0.25) is 0 Å². The Bertz CT molecular complexity index is 1730. The Kier molecular flexibility index (Phi) is 6.49. The van der Waals surface area contributed by atoms with Crippen LogP contribution in [0.25, 0.3) is 28.2 Å². The van der Waals surface area contributed by atoms with Crippen molar-refractivity contribution in [2.75, 3.05) is 20.3 Å². The number of rotatable bonds is 4. The topological polar surface area (TPSA) is 65.2 Å². The Labute approximate surface area is 240 Å². The highest BCUT2D eigenvalue weighted by molar-refractivity contribution is 6.01. The van der Waals surface area contributed by atoms with E-state index in [9.17, 15) is 4.79 Å². The largest absolute Gasteiger partial charge is 0.381 e. The van der Waals surface area contributed by atoms with Crippen molar-refractivity contribution in [1.82, 2.24) is 24.5 Å². The van der Waals surface area contributed by atoms with E-state index in [-0.39, 0.29) is 6.04 Å². The van der Waals surface area contributed by atoms with Crippen molar-refractivity contribution in [2.24, 2.45) is 13.0 Å². The van der Waals surface area contributed by atoms with Crippen LogP contribution in [0.4, 0.5) is 0 Å². The van der Waals surface area contributed by atoms with Crippen LogP contribution in [-0.4, -0.2) is 50.7 Å². The molecule has 0 unspecified atom stereocenters. The number of nitrogens with zero attached hydrogens (tertiary/aromatic N) is 5. The molecule has 0 spiro atoms. The summed E-state index contributed by atoms with van der Waals surface area (Å²) >= 11 is 0. The van der Waals surface area contributed by atoms with E-state index < -0.39 is 0 Å². The monoisotopic (exact) mass is 545 g/mol. The van der Waals surface area contributed by atoms with Crippen LogP contribution in [0, 0.1) is 12.8 Å². The van der Waals surface area contributed by atoms with Crippen molar-refractivity contribution in [1.29, 1.82) is 0 Å². The summed E-state index contributed by atoms with van der Waals surface area (Å²) in [6.45, 7) is 4.30. The van der Waals surface area contributed by atoms with Gasteiger partial charge < -0.3 is 14.2 Å². The van der Waals surface area contributed by atoms with Gasteiger partial charge in [0, 0.05) is 61.6 Å². The van der Waals surface area contributed by atoms with Gasteiger partial charge in [0.15, 0.2) is 5.94 Å². The van der Waals surface area contributed by atoms with Crippen molar-refractivity contribution in [3.63, 3.8) is 0 Å². The van der Waals surface area contributed by atoms with Crippen LogP contribution in [0.5, 0.6) is 0 Å². The SMILES string of the molecule is Cc1nnn(C)c1C1=Cc2c(c3c4c(ccc3n2[C@H](c2ccccc2)C2CCOCC2)C(=C=O)N(C)C4)CCC=C1. The van der Waals surface area contributed by atoms with Crippen LogP contribution < -0.4 is 0 Å². The Morgan fingerprint density at radius 2 is 1.85 bits per heavy atom. The lowest BCUT2D eigenvalue weighted by Crippen LogP contribution is -2.27. The molecule has 208 valence electrons. The van der Waals surface area contributed by atoms with Crippen molar-refractivity contribution >= 4 is 34.2 Å². The van der Waals surface area contributed by atoms with Crippen molar-refractivity contribution in [3.8, 4) is 0 Å². The number of allylic oxidation sites excluding steroid dienone is 3. The van der Waals surface area contributed by atoms with Gasteiger partial charge in [-0.25, -0.2) is 9.48 Å². The van der Waals surface area contributed by atoms with Crippen LogP contribution in [0.3, 0.4) is 0 Å². The number of fused-ring (bicyclic) bond motifs is 5. The Hall–Kier alpha value is -4.19. The van der Waals surface area contributed by atoms with Crippen LogP contribution >= 0.6 is 0 Å². The zero-order valence-corrected chi connectivity index (χ0v) is 23.9. The maximum atomic E-state index is 12.0. The zero-order chi connectivity index (χ0) is 28.1. The second-order valence-corrected chi connectivity index (χ2v) is 11.5. The Morgan fingerprint density at radius 1 is 1.05 bits per heavy atom. The average molecular weight is 546 g/mol. The van der Waals surface area contributed by atoms with Crippen molar-refractivity contribution < 1.29 is 9.53 Å². The highest BCUT2D eigenvalue weighted by atomic mass is 16.5. The van der Waals surface area contributed by atoms with Gasteiger partial charge in [-0.3, -0.25) is 0 Å². The first-order chi connectivity index (χ1) is 20.1. The molecule has 7 nitrogen and oxygen atoms in total. The van der Waals surface area contributed by atoms with Gasteiger partial charge in [0.05, 0.1) is 17.4 Å². The summed E-state index contributed by atoms with van der Waals surface area (Å²) in [6, 6.07) is 15.5. The van der Waals surface area contributed by atoms with E-state index in [4.69, 9.17) is 4.74 Å². The van der Waals surface area contributed by atoms with Gasteiger partial charge in [-0.05, 0) is 73.4 Å². The minimum atomic E-state index is 0.149. The Balaban J connectivity index is 1.58. The van der Waals surface area contributed by atoms with E-state index in [2.05, 4.69) is 81.5 Å². The minimum absolute atomic E-state index is 0.149. The molecule has 0 saturated carbocycles. The molecular weight excluding hydrogens is 510 g/mol. The van der Waals surface area contributed by atoms with Crippen LogP contribution in [0.1, 0.15) is 64.6 Å². The smallest absolute Gasteiger partial charge is 0.151 e. The molecule has 4 aromatic rings. The summed E-state index contributed by atoms with van der Waals surface area (Å²) in [6.07, 6.45) is 10.7. The summed E-state index contributed by atoms with van der Waals surface area (Å²) in [5.74, 6) is 2.65. The van der Waals surface area contributed by atoms with Gasteiger partial charge in [-0.15, -0.1) is 5.10 Å². The number of hydrogen-bond donors (Lipinski definition) is 0. The first-order valence-electron chi connectivity index (χ1n) is 14.6. The van der Waals surface area contributed by atoms with Gasteiger partial charge in [0.1, 0.15) is 5.70 Å². The first kappa shape index (κ1) is 25.8. The Morgan fingerprint density at radius 3 is 2.59 bits per heavy atom. The molecule has 0 N–H and O–H groups in total. The minimum Gasteiger partial charge on any atom is -0.381 e. The third-order valence-corrected chi connectivity index (χ3v) is 9.10. The van der Waals surface area contributed by atoms with E-state index in [1.807, 2.05) is 30.6 Å². The molecule has 0 bridgehead atoms. The maximum Gasteiger partial charge on any atom is 0.151 e. The fraction of sp³-hybridized carbons (Fsp3) is 0.353. The zero-order valence-electron chi connectivity index (χ0n) is 23.9. The van der Waals surface area contributed by atoms with Gasteiger partial charge in [-0.1, -0.05) is 47.7 Å². The standard InChI is InChI=1S/C34H35N5O2/c1-22-33(38(3)36-35-22)25-11-7-8-12-27-30(19-25)39(29-14-13-26-28(32(27)29)20-37(2)31(26)21-40)34(23-9-5-4-6-10-23)24-15-17-41-18-16-24/h4-7,9-11,13-14,19,24,34H,8,12,15-18,20H2,1-3H3/t34-/m1/s1. The van der Waals surface area contributed by atoms with E-state index in [0.29, 0.717) is 18.2 Å². The highest BCUT2D eigenvalue weighted by Crippen LogP contribution is 2.45. The van der Waals surface area contributed by atoms with E-state index >= 15 is 0 Å².